The highest BCUT2D eigenvalue weighted by atomic mass is 19.4. The number of halogens is 9. The zero-order valence-electron chi connectivity index (χ0n) is 12.4. The van der Waals surface area contributed by atoms with Gasteiger partial charge in [-0.2, -0.15) is 39.5 Å². The van der Waals surface area contributed by atoms with Gasteiger partial charge in [0.1, 0.15) is 0 Å². The Bertz CT molecular complexity index is 653. The zero-order valence-corrected chi connectivity index (χ0v) is 12.4. The quantitative estimate of drug-likeness (QED) is 0.540. The smallest absolute Gasteiger partial charge is 0.460 e. The van der Waals surface area contributed by atoms with Crippen LogP contribution < -0.4 is 9.47 Å². The predicted molar refractivity (Wildman–Crippen MR) is 64.8 cm³/mol. The average molecular weight is 384 g/mol. The van der Waals surface area contributed by atoms with Crippen molar-refractivity contribution in [1.82, 2.24) is 0 Å². The van der Waals surface area contributed by atoms with Crippen molar-refractivity contribution in [2.75, 3.05) is 14.2 Å². The number of Topliss-reactive ketones (excluding diaryl/α,β-unsaturated/α-hetero) is 1. The van der Waals surface area contributed by atoms with Crippen LogP contribution >= 0.6 is 0 Å². The monoisotopic (exact) mass is 384 g/mol. The first kappa shape index (κ1) is 20.9. The van der Waals surface area contributed by atoms with Crippen molar-refractivity contribution in [1.29, 1.82) is 0 Å². The minimum Gasteiger partial charge on any atom is -0.493 e. The maximum absolute atomic E-state index is 13.6. The second kappa shape index (κ2) is 6.30. The molecule has 142 valence electrons. The Morgan fingerprint density at radius 1 is 0.800 bits per heavy atom. The van der Waals surface area contributed by atoms with Crippen LogP contribution in [-0.4, -0.2) is 43.9 Å². The Morgan fingerprint density at radius 2 is 1.28 bits per heavy atom. The predicted octanol–water partition coefficient (Wildman–Crippen LogP) is 4.35. The van der Waals surface area contributed by atoms with Crippen LogP contribution in [-0.2, 0) is 0 Å². The van der Waals surface area contributed by atoms with E-state index in [1.165, 1.54) is 0 Å². The molecule has 0 unspecified atom stereocenters. The number of hydrogen-bond donors (Lipinski definition) is 0. The summed E-state index contributed by atoms with van der Waals surface area (Å²) in [7, 11) is 2.09. The molecule has 3 nitrogen and oxygen atoms in total. The number of alkyl halides is 9. The number of benzene rings is 1. The number of ketones is 1. The molecule has 1 rings (SSSR count). The molecule has 0 aliphatic rings. The van der Waals surface area contributed by atoms with Crippen LogP contribution in [0.25, 0.3) is 0 Å². The first-order valence-corrected chi connectivity index (χ1v) is 6.12. The fourth-order valence-electron chi connectivity index (χ4n) is 1.68. The maximum Gasteiger partial charge on any atom is 0.460 e. The lowest BCUT2D eigenvalue weighted by Crippen LogP contribution is -2.63. The van der Waals surface area contributed by atoms with E-state index >= 15 is 0 Å². The first-order chi connectivity index (χ1) is 11.1. The highest BCUT2D eigenvalue weighted by molar-refractivity contribution is 6.02. The summed E-state index contributed by atoms with van der Waals surface area (Å²) in [6, 6.07) is 1.73. The van der Waals surface area contributed by atoms with Gasteiger partial charge in [0.05, 0.1) is 14.2 Å². The fraction of sp³-hybridized carbons (Fsp3) is 0.462. The first-order valence-electron chi connectivity index (χ1n) is 6.12. The molecule has 0 atom stereocenters. The van der Waals surface area contributed by atoms with Gasteiger partial charge in [-0.1, -0.05) is 0 Å². The minimum absolute atomic E-state index is 0.130. The van der Waals surface area contributed by atoms with Gasteiger partial charge >= 0.3 is 23.9 Å². The summed E-state index contributed by atoms with van der Waals surface area (Å²) < 4.78 is 125. The summed E-state index contributed by atoms with van der Waals surface area (Å²) in [6.45, 7) is 0. The number of ether oxygens (including phenoxy) is 2. The number of hydrogen-bond acceptors (Lipinski definition) is 3. The Hall–Kier alpha value is -2.14. The number of methoxy groups -OCH3 is 2. The molecule has 0 aliphatic carbocycles. The van der Waals surface area contributed by atoms with Crippen molar-refractivity contribution in [3.8, 4) is 11.5 Å². The van der Waals surface area contributed by atoms with Crippen molar-refractivity contribution < 1.29 is 53.8 Å². The average Bonchev–Trinajstić information content (AvgIpc) is 2.51. The Balaban J connectivity index is 3.40. The lowest BCUT2D eigenvalue weighted by molar-refractivity contribution is -0.386. The molecular weight excluding hydrogens is 375 g/mol. The summed E-state index contributed by atoms with van der Waals surface area (Å²) in [5, 5.41) is 0. The highest BCUT2D eigenvalue weighted by Crippen LogP contribution is 2.53. The Kier molecular flexibility index (Phi) is 5.27. The van der Waals surface area contributed by atoms with Gasteiger partial charge in [0.15, 0.2) is 11.5 Å². The lowest BCUT2D eigenvalue weighted by atomic mass is 9.95. The molecule has 0 fully saturated rings. The van der Waals surface area contributed by atoms with Gasteiger partial charge in [0.25, 0.3) is 0 Å². The third-order valence-electron chi connectivity index (χ3n) is 3.08. The van der Waals surface area contributed by atoms with Gasteiger partial charge in [0.2, 0.25) is 5.78 Å². The van der Waals surface area contributed by atoms with E-state index in [4.69, 9.17) is 0 Å². The summed E-state index contributed by atoms with van der Waals surface area (Å²) in [6.07, 6.45) is -7.00. The Morgan fingerprint density at radius 3 is 1.68 bits per heavy atom. The molecule has 0 bridgehead atoms. The van der Waals surface area contributed by atoms with Gasteiger partial charge in [-0.05, 0) is 18.2 Å². The van der Waals surface area contributed by atoms with Crippen molar-refractivity contribution in [3.63, 3.8) is 0 Å². The van der Waals surface area contributed by atoms with Gasteiger partial charge < -0.3 is 9.47 Å². The van der Waals surface area contributed by atoms with Crippen LogP contribution in [0.5, 0.6) is 11.5 Å². The largest absolute Gasteiger partial charge is 0.493 e. The standard InChI is InChI=1S/C13H9F9O3/c1-24-7-4-3-6(5-8(7)25-2)9(23)10(14,15)11(16,17)12(18,19)13(20,21)22/h3-5H,1-2H3. The topological polar surface area (TPSA) is 35.5 Å². The van der Waals surface area contributed by atoms with Gasteiger partial charge in [-0.15, -0.1) is 0 Å². The summed E-state index contributed by atoms with van der Waals surface area (Å²) in [5.41, 5.74) is -1.28. The van der Waals surface area contributed by atoms with E-state index in [2.05, 4.69) is 9.47 Å². The van der Waals surface area contributed by atoms with Crippen LogP contribution in [0.4, 0.5) is 39.5 Å². The van der Waals surface area contributed by atoms with Crippen LogP contribution in [0.15, 0.2) is 18.2 Å². The second-order valence-corrected chi connectivity index (χ2v) is 4.62. The molecular formula is C13H9F9O3. The zero-order chi connectivity index (χ0) is 19.8. The number of carbonyl (C=O) groups excluding carboxylic acids is 1. The molecule has 0 heterocycles. The van der Waals surface area contributed by atoms with Gasteiger partial charge in [-0.3, -0.25) is 4.79 Å². The van der Waals surface area contributed by atoms with Gasteiger partial charge in [0, 0.05) is 5.56 Å². The van der Waals surface area contributed by atoms with Crippen molar-refractivity contribution in [2.24, 2.45) is 0 Å². The fourth-order valence-corrected chi connectivity index (χ4v) is 1.68. The molecule has 0 aliphatic heterocycles. The third-order valence-corrected chi connectivity index (χ3v) is 3.08. The minimum atomic E-state index is -7.14. The molecule has 25 heavy (non-hydrogen) atoms. The van der Waals surface area contributed by atoms with Crippen LogP contribution in [0.3, 0.4) is 0 Å². The van der Waals surface area contributed by atoms with Crippen LogP contribution in [0.1, 0.15) is 10.4 Å². The molecule has 0 saturated heterocycles. The number of carbonyl (C=O) groups is 1. The molecule has 0 saturated carbocycles. The van der Waals surface area contributed by atoms with Crippen molar-refractivity contribution in [2.45, 2.75) is 23.9 Å². The van der Waals surface area contributed by atoms with Crippen LogP contribution in [0, 0.1) is 0 Å². The van der Waals surface area contributed by atoms with E-state index in [1.807, 2.05) is 0 Å². The highest BCUT2D eigenvalue weighted by Gasteiger charge is 2.83. The van der Waals surface area contributed by atoms with E-state index in [-0.39, 0.29) is 5.75 Å². The molecule has 1 aromatic rings. The number of rotatable bonds is 6. The van der Waals surface area contributed by atoms with E-state index in [9.17, 15) is 44.3 Å². The SMILES string of the molecule is COc1ccc(C(=O)C(F)(F)C(F)(F)C(F)(F)C(F)(F)F)cc1OC. The van der Waals surface area contributed by atoms with E-state index in [0.717, 1.165) is 20.3 Å². The van der Waals surface area contributed by atoms with E-state index in [0.29, 0.717) is 12.1 Å². The van der Waals surface area contributed by atoms with E-state index in [1.54, 1.807) is 0 Å². The van der Waals surface area contributed by atoms with Crippen LogP contribution in [0.2, 0.25) is 0 Å². The summed E-state index contributed by atoms with van der Waals surface area (Å²) in [5.74, 6) is -24.0. The molecule has 0 amide bonds. The molecule has 0 aromatic heterocycles. The second-order valence-electron chi connectivity index (χ2n) is 4.62. The molecule has 1 aromatic carbocycles. The molecule has 12 heteroatoms. The van der Waals surface area contributed by atoms with Crippen molar-refractivity contribution >= 4 is 5.78 Å². The lowest BCUT2D eigenvalue weighted by Gasteiger charge is -2.32. The van der Waals surface area contributed by atoms with Crippen molar-refractivity contribution in [3.05, 3.63) is 23.8 Å². The Labute approximate surface area is 134 Å². The molecule has 0 N–H and O–H groups in total. The van der Waals surface area contributed by atoms with Gasteiger partial charge in [-0.25, -0.2) is 0 Å². The van der Waals surface area contributed by atoms with E-state index < -0.39 is 41.0 Å². The third kappa shape index (κ3) is 3.21. The molecule has 0 spiro atoms. The maximum atomic E-state index is 13.6. The molecule has 0 radical (unpaired) electrons. The summed E-state index contributed by atoms with van der Waals surface area (Å²) in [4.78, 5) is 11.5. The normalized spacial score (nSPS) is 13.6. The summed E-state index contributed by atoms with van der Waals surface area (Å²) >= 11 is 0.